The Morgan fingerprint density at radius 3 is 2.59 bits per heavy atom. The number of allylic oxidation sites excluding steroid dienone is 1. The number of hydrogen-bond donors (Lipinski definition) is 0. The van der Waals surface area contributed by atoms with E-state index in [2.05, 4.69) is 62.0 Å². The number of fused-ring (bicyclic) bond motifs is 4. The van der Waals surface area contributed by atoms with E-state index in [1.54, 1.807) is 11.8 Å². The zero-order chi connectivity index (χ0) is 22.3. The molecule has 0 atom stereocenters. The number of aryl methyl sites for hydroxylation is 1. The van der Waals surface area contributed by atoms with Crippen LogP contribution in [0.5, 0.6) is 0 Å². The van der Waals surface area contributed by atoms with Crippen molar-refractivity contribution in [2.75, 3.05) is 0 Å². The zero-order valence-corrected chi connectivity index (χ0v) is 19.8. The summed E-state index contributed by atoms with van der Waals surface area (Å²) >= 11 is 1.66. The zero-order valence-electron chi connectivity index (χ0n) is 19.0. The Morgan fingerprint density at radius 2 is 1.84 bits per heavy atom. The van der Waals surface area contributed by atoms with Crippen LogP contribution in [0.3, 0.4) is 0 Å². The van der Waals surface area contributed by atoms with Crippen molar-refractivity contribution >= 4 is 11.8 Å². The standard InChI is InChI=1S/C28H30N2OS/c1-19(2)17-30-26(31)24-25(29-27(30)32-18-22-12-5-4-10-20(22)3)23-13-7-6-11-21(23)16-28(24)14-8-9-15-28/h4-7,10-13H,1,8-9,14-18H2,2-3H3. The van der Waals surface area contributed by atoms with Crippen LogP contribution in [0.15, 0.2) is 70.6 Å². The third-order valence-corrected chi connectivity index (χ3v) is 8.10. The Hall–Kier alpha value is -2.59. The minimum atomic E-state index is -0.0657. The molecule has 5 rings (SSSR count). The molecule has 3 aromatic rings. The number of nitrogens with zero attached hydrogens (tertiary/aromatic N) is 2. The van der Waals surface area contributed by atoms with E-state index in [9.17, 15) is 4.79 Å². The molecule has 0 amide bonds. The van der Waals surface area contributed by atoms with Gasteiger partial charge in [0.05, 0.1) is 11.3 Å². The third kappa shape index (κ3) is 3.65. The molecule has 1 heterocycles. The second-order valence-electron chi connectivity index (χ2n) is 9.50. The van der Waals surface area contributed by atoms with Crippen molar-refractivity contribution in [1.82, 2.24) is 9.55 Å². The molecule has 0 bridgehead atoms. The van der Waals surface area contributed by atoms with E-state index < -0.39 is 0 Å². The second-order valence-corrected chi connectivity index (χ2v) is 10.4. The van der Waals surface area contributed by atoms with Crippen LogP contribution in [0.4, 0.5) is 0 Å². The van der Waals surface area contributed by atoms with Gasteiger partial charge in [-0.3, -0.25) is 9.36 Å². The molecule has 32 heavy (non-hydrogen) atoms. The van der Waals surface area contributed by atoms with Gasteiger partial charge in [0.25, 0.3) is 5.56 Å². The molecular formula is C28H30N2OS. The van der Waals surface area contributed by atoms with E-state index in [4.69, 9.17) is 4.98 Å². The maximum atomic E-state index is 14.1. The second kappa shape index (κ2) is 8.40. The minimum absolute atomic E-state index is 0.0657. The normalized spacial score (nSPS) is 16.1. The number of hydrogen-bond acceptors (Lipinski definition) is 3. The molecule has 2 aliphatic rings. The Bertz CT molecular complexity index is 1250. The molecule has 2 aromatic carbocycles. The van der Waals surface area contributed by atoms with Gasteiger partial charge in [0.2, 0.25) is 0 Å². The Morgan fingerprint density at radius 1 is 1.12 bits per heavy atom. The van der Waals surface area contributed by atoms with Crippen molar-refractivity contribution in [3.63, 3.8) is 0 Å². The fraction of sp³-hybridized carbons (Fsp3) is 0.357. The van der Waals surface area contributed by atoms with Gasteiger partial charge in [-0.2, -0.15) is 0 Å². The summed E-state index contributed by atoms with van der Waals surface area (Å²) in [7, 11) is 0. The van der Waals surface area contributed by atoms with Crippen LogP contribution in [0, 0.1) is 6.92 Å². The quantitative estimate of drug-likeness (QED) is 0.258. The average Bonchev–Trinajstić information content (AvgIpc) is 3.23. The molecule has 0 aliphatic heterocycles. The fourth-order valence-electron chi connectivity index (χ4n) is 5.48. The molecule has 3 nitrogen and oxygen atoms in total. The first-order valence-corrected chi connectivity index (χ1v) is 12.5. The molecular weight excluding hydrogens is 412 g/mol. The van der Waals surface area contributed by atoms with Gasteiger partial charge in [0, 0.05) is 23.3 Å². The summed E-state index contributed by atoms with van der Waals surface area (Å²) in [6, 6.07) is 17.0. The molecule has 0 N–H and O–H groups in total. The number of thioether (sulfide) groups is 1. The summed E-state index contributed by atoms with van der Waals surface area (Å²) in [5, 5.41) is 0.796. The highest BCUT2D eigenvalue weighted by Gasteiger charge is 2.44. The smallest absolute Gasteiger partial charge is 0.258 e. The minimum Gasteiger partial charge on any atom is -0.283 e. The van der Waals surface area contributed by atoms with Crippen LogP contribution in [0.1, 0.15) is 54.9 Å². The third-order valence-electron chi connectivity index (χ3n) is 7.07. The van der Waals surface area contributed by atoms with Crippen LogP contribution in [-0.4, -0.2) is 9.55 Å². The van der Waals surface area contributed by atoms with Crippen molar-refractivity contribution in [1.29, 1.82) is 0 Å². The van der Waals surface area contributed by atoms with E-state index >= 15 is 0 Å². The predicted molar refractivity (Wildman–Crippen MR) is 133 cm³/mol. The number of benzene rings is 2. The Kier molecular flexibility index (Phi) is 5.58. The monoisotopic (exact) mass is 442 g/mol. The Balaban J connectivity index is 1.68. The molecule has 1 fully saturated rings. The van der Waals surface area contributed by atoms with Gasteiger partial charge >= 0.3 is 0 Å². The predicted octanol–water partition coefficient (Wildman–Crippen LogP) is 6.46. The van der Waals surface area contributed by atoms with Crippen molar-refractivity contribution in [3.05, 3.63) is 93.3 Å². The van der Waals surface area contributed by atoms with Crippen LogP contribution in [0.25, 0.3) is 11.3 Å². The average molecular weight is 443 g/mol. The molecule has 164 valence electrons. The molecule has 1 aromatic heterocycles. The lowest BCUT2D eigenvalue weighted by molar-refractivity contribution is 0.417. The lowest BCUT2D eigenvalue weighted by Gasteiger charge is -2.36. The van der Waals surface area contributed by atoms with Gasteiger partial charge < -0.3 is 0 Å². The van der Waals surface area contributed by atoms with Crippen molar-refractivity contribution < 1.29 is 0 Å². The largest absolute Gasteiger partial charge is 0.283 e. The van der Waals surface area contributed by atoms with Crippen molar-refractivity contribution in [3.8, 4) is 11.3 Å². The highest BCUT2D eigenvalue weighted by atomic mass is 32.2. The Labute approximate surface area is 194 Å². The first-order valence-electron chi connectivity index (χ1n) is 11.5. The van der Waals surface area contributed by atoms with Crippen LogP contribution >= 0.6 is 11.8 Å². The van der Waals surface area contributed by atoms with E-state index in [1.807, 2.05) is 11.5 Å². The van der Waals surface area contributed by atoms with Crippen LogP contribution in [-0.2, 0) is 24.1 Å². The first kappa shape index (κ1) is 21.3. The van der Waals surface area contributed by atoms with Crippen LogP contribution < -0.4 is 5.56 Å². The summed E-state index contributed by atoms with van der Waals surface area (Å²) in [5.41, 5.74) is 7.94. The molecule has 4 heteroatoms. The maximum absolute atomic E-state index is 14.1. The molecule has 1 spiro atoms. The van der Waals surface area contributed by atoms with E-state index in [1.165, 1.54) is 29.5 Å². The topological polar surface area (TPSA) is 34.9 Å². The van der Waals surface area contributed by atoms with Gasteiger partial charge in [0.15, 0.2) is 5.16 Å². The van der Waals surface area contributed by atoms with Gasteiger partial charge in [-0.1, -0.05) is 85.3 Å². The van der Waals surface area contributed by atoms with Crippen molar-refractivity contribution in [2.45, 2.75) is 68.8 Å². The maximum Gasteiger partial charge on any atom is 0.258 e. The number of aromatic nitrogens is 2. The van der Waals surface area contributed by atoms with E-state index in [0.29, 0.717) is 6.54 Å². The van der Waals surface area contributed by atoms with Gasteiger partial charge in [0.1, 0.15) is 0 Å². The molecule has 0 unspecified atom stereocenters. The van der Waals surface area contributed by atoms with Gasteiger partial charge in [-0.15, -0.1) is 0 Å². The molecule has 0 radical (unpaired) electrons. The van der Waals surface area contributed by atoms with E-state index in [0.717, 1.165) is 52.6 Å². The molecule has 2 aliphatic carbocycles. The van der Waals surface area contributed by atoms with Crippen LogP contribution in [0.2, 0.25) is 0 Å². The summed E-state index contributed by atoms with van der Waals surface area (Å²) < 4.78 is 1.89. The van der Waals surface area contributed by atoms with Crippen molar-refractivity contribution in [2.24, 2.45) is 0 Å². The highest BCUT2D eigenvalue weighted by molar-refractivity contribution is 7.98. The summed E-state index contributed by atoms with van der Waals surface area (Å²) in [6.07, 6.45) is 5.48. The molecule has 1 saturated carbocycles. The number of rotatable bonds is 5. The van der Waals surface area contributed by atoms with Gasteiger partial charge in [-0.25, -0.2) is 4.98 Å². The summed E-state index contributed by atoms with van der Waals surface area (Å²) in [5.74, 6) is 0.793. The van der Waals surface area contributed by atoms with Gasteiger partial charge in [-0.05, 0) is 49.8 Å². The first-order chi connectivity index (χ1) is 15.5. The highest BCUT2D eigenvalue weighted by Crippen LogP contribution is 2.50. The molecule has 0 saturated heterocycles. The van der Waals surface area contributed by atoms with E-state index in [-0.39, 0.29) is 11.0 Å². The SMILES string of the molecule is C=C(C)Cn1c(SCc2ccccc2C)nc2c(c1=O)C1(CCCC1)Cc1ccccc1-2. The summed E-state index contributed by atoms with van der Waals surface area (Å²) in [4.78, 5) is 19.3. The lowest BCUT2D eigenvalue weighted by atomic mass is 9.68. The fourth-order valence-corrected chi connectivity index (χ4v) is 6.55. The lowest BCUT2D eigenvalue weighted by Crippen LogP contribution is -2.40. The summed E-state index contributed by atoms with van der Waals surface area (Å²) in [6.45, 7) is 8.75.